The largest absolute Gasteiger partial charge is 0.231 e. The van der Waals surface area contributed by atoms with E-state index in [0.717, 1.165) is 0 Å². The molecular weight excluding hydrogens is 112 g/mol. The summed E-state index contributed by atoms with van der Waals surface area (Å²) in [7, 11) is -2.28. The highest BCUT2D eigenvalue weighted by Gasteiger charge is 1.92. The summed E-state index contributed by atoms with van der Waals surface area (Å²) in [4.78, 5) is 0. The summed E-state index contributed by atoms with van der Waals surface area (Å²) in [6.07, 6.45) is 1.39. The van der Waals surface area contributed by atoms with Gasteiger partial charge in [-0.25, -0.2) is 8.42 Å². The van der Waals surface area contributed by atoms with Crippen LogP contribution in [-0.4, -0.2) is 13.7 Å². The summed E-state index contributed by atoms with van der Waals surface area (Å²) in [5.74, 6) is 0. The van der Waals surface area contributed by atoms with Gasteiger partial charge in [0.2, 0.25) is 0 Å². The third kappa shape index (κ3) is 2.39. The van der Waals surface area contributed by atoms with Gasteiger partial charge in [-0.15, -0.1) is 6.58 Å². The molecule has 0 amide bonds. The average Bonchev–Trinajstić information content (AvgIpc) is 1.65. The summed E-state index contributed by atoms with van der Waals surface area (Å²) in [6.45, 7) is 4.88. The molecule has 42 valence electrons. The highest BCUT2D eigenvalue weighted by Crippen LogP contribution is 1.84. The van der Waals surface area contributed by atoms with Crippen molar-refractivity contribution in [1.82, 2.24) is 0 Å². The highest BCUT2D eigenvalue weighted by molar-refractivity contribution is 7.73. The van der Waals surface area contributed by atoms with Crippen LogP contribution in [0, 0.1) is 0 Å². The van der Waals surface area contributed by atoms with Crippen LogP contribution in [0.4, 0.5) is 0 Å². The van der Waals surface area contributed by atoms with Crippen LogP contribution in [0.15, 0.2) is 12.7 Å². The predicted octanol–water partition coefficient (Wildman–Crippen LogP) is 0.172. The van der Waals surface area contributed by atoms with Crippen molar-refractivity contribution in [2.75, 3.05) is 0 Å². The second kappa shape index (κ2) is 2.80. The van der Waals surface area contributed by atoms with Crippen molar-refractivity contribution in [3.8, 4) is 0 Å². The zero-order valence-corrected chi connectivity index (χ0v) is 5.02. The lowest BCUT2D eigenvalue weighted by molar-refractivity contribution is 0.610. The Bertz CT molecular complexity index is 118. The van der Waals surface area contributed by atoms with Crippen LogP contribution in [0.1, 0.15) is 6.92 Å². The minimum atomic E-state index is -2.28. The lowest BCUT2D eigenvalue weighted by Crippen LogP contribution is -1.96. The van der Waals surface area contributed by atoms with Gasteiger partial charge in [0.15, 0.2) is 0 Å². The van der Waals surface area contributed by atoms with Crippen molar-refractivity contribution in [2.24, 2.45) is 0 Å². The van der Waals surface area contributed by atoms with Crippen molar-refractivity contribution in [3.05, 3.63) is 12.7 Å². The summed E-state index contributed by atoms with van der Waals surface area (Å²) in [5, 5.41) is -0.380. The molecule has 0 saturated carbocycles. The Morgan fingerprint density at radius 1 is 1.71 bits per heavy atom. The summed E-state index contributed by atoms with van der Waals surface area (Å²) >= 11 is 0. The van der Waals surface area contributed by atoms with E-state index in [-0.39, 0.29) is 5.25 Å². The van der Waals surface area contributed by atoms with Gasteiger partial charge < -0.3 is 0 Å². The first-order valence-corrected chi connectivity index (χ1v) is 3.19. The van der Waals surface area contributed by atoms with Crippen molar-refractivity contribution in [3.63, 3.8) is 0 Å². The van der Waals surface area contributed by atoms with Gasteiger partial charge in [-0.2, -0.15) is 0 Å². The predicted molar refractivity (Wildman–Crippen MR) is 30.0 cm³/mol. The minimum Gasteiger partial charge on any atom is -0.231 e. The van der Waals surface area contributed by atoms with Crippen LogP contribution in [0.2, 0.25) is 0 Å². The molecule has 7 heavy (non-hydrogen) atoms. The molecule has 0 aromatic carbocycles. The van der Waals surface area contributed by atoms with Gasteiger partial charge in [-0.1, -0.05) is 6.08 Å². The topological polar surface area (TPSA) is 34.1 Å². The van der Waals surface area contributed by atoms with Gasteiger partial charge in [-0.3, -0.25) is 0 Å². The third-order valence-corrected chi connectivity index (χ3v) is 1.55. The second-order valence-corrected chi connectivity index (χ2v) is 2.65. The molecule has 0 aliphatic rings. The maximum atomic E-state index is 9.90. The van der Waals surface area contributed by atoms with Gasteiger partial charge in [0.1, 0.15) is 10.7 Å². The molecule has 0 fully saturated rings. The molecule has 2 nitrogen and oxygen atoms in total. The number of rotatable bonds is 2. The first-order valence-electron chi connectivity index (χ1n) is 1.94. The molecule has 0 N–H and O–H groups in total. The molecule has 0 radical (unpaired) electrons. The average molecular weight is 120 g/mol. The van der Waals surface area contributed by atoms with Crippen LogP contribution in [0.3, 0.4) is 0 Å². The Morgan fingerprint density at radius 2 is 2.14 bits per heavy atom. The van der Waals surface area contributed by atoms with E-state index in [1.54, 1.807) is 6.92 Å². The van der Waals surface area contributed by atoms with E-state index in [9.17, 15) is 8.42 Å². The van der Waals surface area contributed by atoms with Crippen LogP contribution in [0.5, 0.6) is 0 Å². The van der Waals surface area contributed by atoms with E-state index in [2.05, 4.69) is 6.58 Å². The fourth-order valence-electron chi connectivity index (χ4n) is 0.0861. The Balaban J connectivity index is 3.80. The van der Waals surface area contributed by atoms with E-state index in [0.29, 0.717) is 0 Å². The SMILES string of the molecule is C=CC(C)[SH](=O)=O. The van der Waals surface area contributed by atoms with Gasteiger partial charge in [-0.05, 0) is 6.92 Å². The first-order chi connectivity index (χ1) is 3.18. The molecule has 0 spiro atoms. The molecule has 0 aromatic heterocycles. The quantitative estimate of drug-likeness (QED) is 0.416. The normalized spacial score (nSPS) is 14.0. The Hall–Kier alpha value is -0.310. The number of thiol groups is 1. The van der Waals surface area contributed by atoms with Crippen LogP contribution < -0.4 is 0 Å². The molecule has 0 rings (SSSR count). The molecule has 3 heteroatoms. The zero-order valence-electron chi connectivity index (χ0n) is 4.13. The lowest BCUT2D eigenvalue weighted by atomic mass is 10.5. The van der Waals surface area contributed by atoms with Crippen LogP contribution >= 0.6 is 0 Å². The fraction of sp³-hybridized carbons (Fsp3) is 0.500. The Kier molecular flexibility index (Phi) is 2.67. The number of hydrogen-bond acceptors (Lipinski definition) is 2. The van der Waals surface area contributed by atoms with Crippen molar-refractivity contribution < 1.29 is 8.42 Å². The molecule has 0 aliphatic carbocycles. The lowest BCUT2D eigenvalue weighted by Gasteiger charge is -1.86. The monoisotopic (exact) mass is 120 g/mol. The van der Waals surface area contributed by atoms with Crippen molar-refractivity contribution in [1.29, 1.82) is 0 Å². The molecule has 1 unspecified atom stereocenters. The highest BCUT2D eigenvalue weighted by atomic mass is 32.2. The van der Waals surface area contributed by atoms with Gasteiger partial charge in [0, 0.05) is 0 Å². The fourth-order valence-corrected chi connectivity index (χ4v) is 0.258. The number of hydrogen-bond donors (Lipinski definition) is 1. The van der Waals surface area contributed by atoms with E-state index >= 15 is 0 Å². The molecule has 0 heterocycles. The van der Waals surface area contributed by atoms with Crippen LogP contribution in [-0.2, 0) is 10.7 Å². The maximum Gasteiger partial charge on any atom is 0.146 e. The molecular formula is C4H8O2S. The molecule has 0 aliphatic heterocycles. The standard InChI is InChI=1S/C4H8O2S/c1-3-4(2)7(5)6/h3-4,7H,1H2,2H3. The molecule has 1 atom stereocenters. The molecule has 0 aromatic rings. The molecule has 0 bridgehead atoms. The van der Waals surface area contributed by atoms with E-state index in [4.69, 9.17) is 0 Å². The van der Waals surface area contributed by atoms with Gasteiger partial charge in [0.05, 0.1) is 5.25 Å². The Morgan fingerprint density at radius 3 is 2.14 bits per heavy atom. The minimum absolute atomic E-state index is 0.380. The summed E-state index contributed by atoms with van der Waals surface area (Å²) in [5.41, 5.74) is 0. The smallest absolute Gasteiger partial charge is 0.146 e. The maximum absolute atomic E-state index is 9.90. The van der Waals surface area contributed by atoms with Crippen LogP contribution in [0.25, 0.3) is 0 Å². The summed E-state index contributed by atoms with van der Waals surface area (Å²) < 4.78 is 19.8. The first kappa shape index (κ1) is 6.69. The van der Waals surface area contributed by atoms with Gasteiger partial charge in [0.25, 0.3) is 0 Å². The Labute approximate surface area is 44.8 Å². The van der Waals surface area contributed by atoms with E-state index in [1.165, 1.54) is 6.08 Å². The van der Waals surface area contributed by atoms with E-state index < -0.39 is 10.7 Å². The van der Waals surface area contributed by atoms with Gasteiger partial charge >= 0.3 is 0 Å². The second-order valence-electron chi connectivity index (χ2n) is 1.26. The molecule has 0 saturated heterocycles. The van der Waals surface area contributed by atoms with Crippen molar-refractivity contribution >= 4 is 10.7 Å². The summed E-state index contributed by atoms with van der Waals surface area (Å²) in [6, 6.07) is 0. The van der Waals surface area contributed by atoms with Crippen molar-refractivity contribution in [2.45, 2.75) is 12.2 Å². The zero-order chi connectivity index (χ0) is 5.86. The third-order valence-electron chi connectivity index (χ3n) is 0.674. The van der Waals surface area contributed by atoms with E-state index in [1.807, 2.05) is 0 Å².